The smallest absolute Gasteiger partial charge is 0.119 e. The first-order valence-corrected chi connectivity index (χ1v) is 5.16. The molecule has 0 bridgehead atoms. The largest absolute Gasteiger partial charge is 0.400 e. The van der Waals surface area contributed by atoms with Gasteiger partial charge in [0.2, 0.25) is 0 Å². The first kappa shape index (κ1) is 12.8. The second-order valence-corrected chi connectivity index (χ2v) is 3.48. The molecule has 1 aliphatic rings. The number of anilines is 1. The predicted octanol–water partition coefficient (Wildman–Crippen LogP) is 1.61. The van der Waals surface area contributed by atoms with Gasteiger partial charge in [0.25, 0.3) is 0 Å². The summed E-state index contributed by atoms with van der Waals surface area (Å²) < 4.78 is 5.23. The lowest BCUT2D eigenvalue weighted by atomic mass is 10.2. The van der Waals surface area contributed by atoms with Crippen LogP contribution in [0, 0.1) is 11.3 Å². The quantitative estimate of drug-likeness (QED) is 0.811. The van der Waals surface area contributed by atoms with E-state index in [0.29, 0.717) is 17.3 Å². The van der Waals surface area contributed by atoms with Crippen LogP contribution in [0.25, 0.3) is 0 Å². The van der Waals surface area contributed by atoms with Crippen molar-refractivity contribution in [2.75, 3.05) is 31.9 Å². The number of hydrogen-bond acceptors (Lipinski definition) is 4. The number of halogens is 1. The number of aliphatic hydroxyl groups is 1. The maximum atomic E-state index is 8.70. The van der Waals surface area contributed by atoms with Gasteiger partial charge >= 0.3 is 0 Å². The van der Waals surface area contributed by atoms with Crippen LogP contribution in [0.5, 0.6) is 0 Å². The number of benzene rings is 1. The third kappa shape index (κ3) is 2.86. The van der Waals surface area contributed by atoms with Crippen molar-refractivity contribution < 1.29 is 9.84 Å². The summed E-state index contributed by atoms with van der Waals surface area (Å²) in [5.74, 6) is 0. The Labute approximate surface area is 99.6 Å². The zero-order valence-corrected chi connectivity index (χ0v) is 9.74. The molecule has 1 aromatic carbocycles. The van der Waals surface area contributed by atoms with E-state index < -0.39 is 0 Å². The molecule has 1 N–H and O–H groups in total. The minimum Gasteiger partial charge on any atom is -0.400 e. The van der Waals surface area contributed by atoms with Crippen molar-refractivity contribution in [2.24, 2.45) is 0 Å². The molecule has 0 radical (unpaired) electrons. The van der Waals surface area contributed by atoms with Crippen LogP contribution < -0.4 is 4.90 Å². The van der Waals surface area contributed by atoms with Crippen LogP contribution in [0.1, 0.15) is 5.56 Å². The zero-order chi connectivity index (χ0) is 12.0. The SMILES string of the molecule is CO.N#Cc1ccc(N2CCOC2)cc1Cl. The van der Waals surface area contributed by atoms with E-state index in [2.05, 4.69) is 4.90 Å². The van der Waals surface area contributed by atoms with Gasteiger partial charge in [-0.25, -0.2) is 0 Å². The molecule has 1 heterocycles. The zero-order valence-electron chi connectivity index (χ0n) is 8.98. The first-order valence-electron chi connectivity index (χ1n) is 4.78. The Morgan fingerprint density at radius 1 is 1.50 bits per heavy atom. The van der Waals surface area contributed by atoms with Crippen LogP contribution in [0.4, 0.5) is 5.69 Å². The molecule has 2 rings (SSSR count). The van der Waals surface area contributed by atoms with E-state index in [1.165, 1.54) is 0 Å². The fourth-order valence-electron chi connectivity index (χ4n) is 1.41. The molecule has 0 unspecified atom stereocenters. The molecule has 0 atom stereocenters. The van der Waals surface area contributed by atoms with E-state index in [-0.39, 0.29) is 0 Å². The molecule has 0 aromatic heterocycles. The Kier molecular flexibility index (Phi) is 5.06. The van der Waals surface area contributed by atoms with E-state index in [4.69, 9.17) is 26.7 Å². The molecule has 0 amide bonds. The van der Waals surface area contributed by atoms with Gasteiger partial charge in [0.1, 0.15) is 12.8 Å². The Balaban J connectivity index is 0.000000606. The van der Waals surface area contributed by atoms with Gasteiger partial charge < -0.3 is 14.7 Å². The highest BCUT2D eigenvalue weighted by atomic mass is 35.5. The number of ether oxygens (including phenoxy) is 1. The molecule has 86 valence electrons. The van der Waals surface area contributed by atoms with E-state index >= 15 is 0 Å². The van der Waals surface area contributed by atoms with Crippen molar-refractivity contribution >= 4 is 17.3 Å². The standard InChI is InChI=1S/C10H9ClN2O.CH4O/c11-10-5-9(2-1-8(10)6-12)13-3-4-14-7-13;1-2/h1-2,5H,3-4,7H2;2H,1H3. The number of rotatable bonds is 1. The van der Waals surface area contributed by atoms with E-state index in [9.17, 15) is 0 Å². The topological polar surface area (TPSA) is 56.5 Å². The summed E-state index contributed by atoms with van der Waals surface area (Å²) in [6.07, 6.45) is 0. The Hall–Kier alpha value is -1.28. The Morgan fingerprint density at radius 3 is 2.75 bits per heavy atom. The Bertz CT molecular complexity index is 384. The van der Waals surface area contributed by atoms with Gasteiger partial charge in [-0.15, -0.1) is 0 Å². The number of aliphatic hydroxyl groups excluding tert-OH is 1. The first-order chi connectivity index (χ1) is 7.81. The lowest BCUT2D eigenvalue weighted by molar-refractivity contribution is 0.201. The Morgan fingerprint density at radius 2 is 2.25 bits per heavy atom. The van der Waals surface area contributed by atoms with Crippen molar-refractivity contribution in [3.05, 3.63) is 28.8 Å². The molecular weight excluding hydrogens is 228 g/mol. The lowest BCUT2D eigenvalue weighted by Crippen LogP contribution is -2.18. The highest BCUT2D eigenvalue weighted by Crippen LogP contribution is 2.24. The number of nitriles is 1. The summed E-state index contributed by atoms with van der Waals surface area (Å²) in [5.41, 5.74) is 1.52. The predicted molar refractivity (Wildman–Crippen MR) is 62.5 cm³/mol. The number of hydrogen-bond donors (Lipinski definition) is 1. The highest BCUT2D eigenvalue weighted by Gasteiger charge is 2.13. The van der Waals surface area contributed by atoms with Crippen molar-refractivity contribution in [2.45, 2.75) is 0 Å². The summed E-state index contributed by atoms with van der Waals surface area (Å²) in [6.45, 7) is 2.22. The van der Waals surface area contributed by atoms with Gasteiger partial charge in [-0.05, 0) is 18.2 Å². The normalized spacial score (nSPS) is 14.0. The van der Waals surface area contributed by atoms with Crippen molar-refractivity contribution in [3.8, 4) is 6.07 Å². The van der Waals surface area contributed by atoms with Crippen LogP contribution in [0.2, 0.25) is 5.02 Å². The van der Waals surface area contributed by atoms with Gasteiger partial charge in [-0.1, -0.05) is 11.6 Å². The fraction of sp³-hybridized carbons (Fsp3) is 0.364. The molecule has 1 aliphatic heterocycles. The molecule has 0 aliphatic carbocycles. The summed E-state index contributed by atoms with van der Waals surface area (Å²) in [5, 5.41) is 16.2. The maximum absolute atomic E-state index is 8.70. The lowest BCUT2D eigenvalue weighted by Gasteiger charge is -2.15. The van der Waals surface area contributed by atoms with Gasteiger partial charge in [-0.3, -0.25) is 0 Å². The molecule has 1 aromatic rings. The van der Waals surface area contributed by atoms with Crippen molar-refractivity contribution in [1.29, 1.82) is 5.26 Å². The van der Waals surface area contributed by atoms with E-state index in [1.54, 1.807) is 12.1 Å². The van der Waals surface area contributed by atoms with E-state index in [0.717, 1.165) is 25.9 Å². The number of nitrogens with zero attached hydrogens (tertiary/aromatic N) is 2. The van der Waals surface area contributed by atoms with Crippen LogP contribution in [-0.4, -0.2) is 32.1 Å². The minimum atomic E-state index is 0.497. The van der Waals surface area contributed by atoms with Gasteiger partial charge in [0.05, 0.1) is 17.2 Å². The monoisotopic (exact) mass is 240 g/mol. The van der Waals surface area contributed by atoms with Crippen LogP contribution in [0.3, 0.4) is 0 Å². The summed E-state index contributed by atoms with van der Waals surface area (Å²) >= 11 is 5.92. The molecule has 0 spiro atoms. The second-order valence-electron chi connectivity index (χ2n) is 3.08. The molecule has 1 saturated heterocycles. The molecule has 1 fully saturated rings. The molecule has 5 heteroatoms. The van der Waals surface area contributed by atoms with Gasteiger partial charge in [0.15, 0.2) is 0 Å². The molecular formula is C11H13ClN2O2. The second kappa shape index (κ2) is 6.33. The summed E-state index contributed by atoms with van der Waals surface area (Å²) in [7, 11) is 1.00. The van der Waals surface area contributed by atoms with Crippen LogP contribution >= 0.6 is 11.6 Å². The van der Waals surface area contributed by atoms with Crippen molar-refractivity contribution in [1.82, 2.24) is 0 Å². The van der Waals surface area contributed by atoms with Gasteiger partial charge in [0, 0.05) is 19.3 Å². The minimum absolute atomic E-state index is 0.497. The van der Waals surface area contributed by atoms with Crippen molar-refractivity contribution in [3.63, 3.8) is 0 Å². The molecule has 16 heavy (non-hydrogen) atoms. The van der Waals surface area contributed by atoms with Crippen LogP contribution in [0.15, 0.2) is 18.2 Å². The summed E-state index contributed by atoms with van der Waals surface area (Å²) in [6, 6.07) is 7.45. The fourth-order valence-corrected chi connectivity index (χ4v) is 1.63. The average Bonchev–Trinajstić information content (AvgIpc) is 2.85. The van der Waals surface area contributed by atoms with Gasteiger partial charge in [-0.2, -0.15) is 5.26 Å². The third-order valence-corrected chi connectivity index (χ3v) is 2.50. The third-order valence-electron chi connectivity index (χ3n) is 2.19. The molecule has 4 nitrogen and oxygen atoms in total. The van der Waals surface area contributed by atoms with Crippen LogP contribution in [-0.2, 0) is 4.74 Å². The van der Waals surface area contributed by atoms with E-state index in [1.807, 2.05) is 12.1 Å². The summed E-state index contributed by atoms with van der Waals surface area (Å²) in [4.78, 5) is 2.08. The highest BCUT2D eigenvalue weighted by molar-refractivity contribution is 6.32. The average molecular weight is 241 g/mol. The maximum Gasteiger partial charge on any atom is 0.119 e. The molecule has 0 saturated carbocycles.